The molecule has 0 atom stereocenters. The van der Waals surface area contributed by atoms with Crippen LogP contribution in [0.4, 0.5) is 13.2 Å². The van der Waals surface area contributed by atoms with Gasteiger partial charge in [0.15, 0.2) is 0 Å². The quantitative estimate of drug-likeness (QED) is 0.536. The Hall–Kier alpha value is -2.61. The van der Waals surface area contributed by atoms with Gasteiger partial charge in [-0.1, -0.05) is 24.9 Å². The van der Waals surface area contributed by atoms with Crippen LogP contribution >= 0.6 is 11.6 Å². The number of alkyl halides is 3. The summed E-state index contributed by atoms with van der Waals surface area (Å²) in [6, 6.07) is 7.21. The van der Waals surface area contributed by atoms with E-state index in [9.17, 15) is 13.2 Å². The van der Waals surface area contributed by atoms with Gasteiger partial charge >= 0.3 is 6.36 Å². The standard InChI is InChI=1S/C18H16ClF3N4O/c1-2-3-4-13-9-16(19)25-17(24-13)26-10-15(23-11-26)12-5-7-14(8-6-12)27-18(20,21)22/h5-11H,2-4H2,1H3. The van der Waals surface area contributed by atoms with Crippen molar-refractivity contribution < 1.29 is 17.9 Å². The van der Waals surface area contributed by atoms with Gasteiger partial charge in [0.1, 0.15) is 17.2 Å². The average Bonchev–Trinajstić information content (AvgIpc) is 3.09. The number of hydrogen-bond acceptors (Lipinski definition) is 4. The molecule has 0 amide bonds. The van der Waals surface area contributed by atoms with Crippen molar-refractivity contribution in [2.45, 2.75) is 32.5 Å². The van der Waals surface area contributed by atoms with Crippen LogP contribution in [0.25, 0.3) is 17.2 Å². The molecule has 0 radical (unpaired) electrons. The fourth-order valence-electron chi connectivity index (χ4n) is 2.46. The second-order valence-corrected chi connectivity index (χ2v) is 6.21. The lowest BCUT2D eigenvalue weighted by Gasteiger charge is -2.08. The molecule has 3 aromatic rings. The van der Waals surface area contributed by atoms with Crippen LogP contribution < -0.4 is 4.74 Å². The molecule has 27 heavy (non-hydrogen) atoms. The van der Waals surface area contributed by atoms with Crippen LogP contribution in [-0.2, 0) is 6.42 Å². The van der Waals surface area contributed by atoms with Crippen molar-refractivity contribution in [3.63, 3.8) is 0 Å². The number of hydrogen-bond donors (Lipinski definition) is 0. The minimum absolute atomic E-state index is 0.288. The zero-order valence-corrected chi connectivity index (χ0v) is 15.1. The number of imidazole rings is 1. The third-order valence-electron chi connectivity index (χ3n) is 3.72. The van der Waals surface area contributed by atoms with Gasteiger partial charge in [-0.25, -0.2) is 15.0 Å². The fourth-order valence-corrected chi connectivity index (χ4v) is 2.66. The van der Waals surface area contributed by atoms with E-state index in [1.54, 1.807) is 16.8 Å². The van der Waals surface area contributed by atoms with Crippen molar-refractivity contribution in [2.75, 3.05) is 0 Å². The first-order valence-corrected chi connectivity index (χ1v) is 8.66. The van der Waals surface area contributed by atoms with E-state index >= 15 is 0 Å². The first-order chi connectivity index (χ1) is 12.8. The number of halogens is 4. The predicted octanol–water partition coefficient (Wildman–Crippen LogP) is 5.22. The highest BCUT2D eigenvalue weighted by Gasteiger charge is 2.31. The van der Waals surface area contributed by atoms with Crippen LogP contribution in [0.15, 0.2) is 42.9 Å². The lowest BCUT2D eigenvalue weighted by Crippen LogP contribution is -2.16. The summed E-state index contributed by atoms with van der Waals surface area (Å²) >= 11 is 6.08. The molecule has 0 aliphatic rings. The molecule has 0 aliphatic heterocycles. The molecule has 5 nitrogen and oxygen atoms in total. The van der Waals surface area contributed by atoms with E-state index in [-0.39, 0.29) is 5.75 Å². The van der Waals surface area contributed by atoms with E-state index in [1.165, 1.54) is 30.6 Å². The van der Waals surface area contributed by atoms with Gasteiger partial charge in [-0.05, 0) is 43.2 Å². The molecule has 2 aromatic heterocycles. The zero-order valence-electron chi connectivity index (χ0n) is 14.4. The molecule has 0 unspecified atom stereocenters. The summed E-state index contributed by atoms with van der Waals surface area (Å²) < 4.78 is 42.2. The second-order valence-electron chi connectivity index (χ2n) is 5.82. The van der Waals surface area contributed by atoms with Crippen molar-refractivity contribution in [2.24, 2.45) is 0 Å². The van der Waals surface area contributed by atoms with Crippen LogP contribution in [0, 0.1) is 0 Å². The summed E-state index contributed by atoms with van der Waals surface area (Å²) in [7, 11) is 0. The first kappa shape index (κ1) is 19.2. The maximum atomic E-state index is 12.2. The number of aryl methyl sites for hydroxylation is 1. The topological polar surface area (TPSA) is 52.8 Å². The molecule has 0 saturated carbocycles. The smallest absolute Gasteiger partial charge is 0.406 e. The van der Waals surface area contributed by atoms with Gasteiger partial charge in [-0.2, -0.15) is 0 Å². The van der Waals surface area contributed by atoms with Crippen molar-refractivity contribution in [1.82, 2.24) is 19.5 Å². The predicted molar refractivity (Wildman–Crippen MR) is 94.9 cm³/mol. The SMILES string of the molecule is CCCCc1cc(Cl)nc(-n2cnc(-c3ccc(OC(F)(F)F)cc3)c2)n1. The molecule has 0 saturated heterocycles. The van der Waals surface area contributed by atoms with Gasteiger partial charge in [-0.3, -0.25) is 4.57 Å². The van der Waals surface area contributed by atoms with Crippen LogP contribution in [0.5, 0.6) is 5.75 Å². The lowest BCUT2D eigenvalue weighted by molar-refractivity contribution is -0.274. The maximum absolute atomic E-state index is 12.2. The normalized spacial score (nSPS) is 11.6. The van der Waals surface area contributed by atoms with Crippen LogP contribution in [-0.4, -0.2) is 25.9 Å². The summed E-state index contributed by atoms with van der Waals surface area (Å²) in [5.74, 6) is 0.105. The average molecular weight is 397 g/mol. The molecule has 3 rings (SSSR count). The minimum atomic E-state index is -4.72. The molecule has 1 aromatic carbocycles. The molecular weight excluding hydrogens is 381 g/mol. The molecular formula is C18H16ClF3N4O. The van der Waals surface area contributed by atoms with E-state index in [0.717, 1.165) is 25.0 Å². The number of nitrogens with zero attached hydrogens (tertiary/aromatic N) is 4. The molecule has 0 fully saturated rings. The Kier molecular flexibility index (Phi) is 5.65. The Bertz CT molecular complexity index is 910. The van der Waals surface area contributed by atoms with Gasteiger partial charge in [0.25, 0.3) is 0 Å². The molecule has 0 aliphatic carbocycles. The number of aromatic nitrogens is 4. The summed E-state index contributed by atoms with van der Waals surface area (Å²) in [4.78, 5) is 13.0. The maximum Gasteiger partial charge on any atom is 0.573 e. The first-order valence-electron chi connectivity index (χ1n) is 8.28. The summed E-state index contributed by atoms with van der Waals surface area (Å²) in [5.41, 5.74) is 2.04. The fraction of sp³-hybridized carbons (Fsp3) is 0.278. The Morgan fingerprint density at radius 2 is 1.89 bits per heavy atom. The lowest BCUT2D eigenvalue weighted by atomic mass is 10.2. The Morgan fingerprint density at radius 3 is 2.56 bits per heavy atom. The minimum Gasteiger partial charge on any atom is -0.406 e. The van der Waals surface area contributed by atoms with E-state index in [0.29, 0.717) is 22.4 Å². The second kappa shape index (κ2) is 7.96. The van der Waals surface area contributed by atoms with Crippen LogP contribution in [0.3, 0.4) is 0 Å². The third kappa shape index (κ3) is 5.19. The highest BCUT2D eigenvalue weighted by Crippen LogP contribution is 2.26. The largest absolute Gasteiger partial charge is 0.573 e. The van der Waals surface area contributed by atoms with Gasteiger partial charge in [0.05, 0.1) is 5.69 Å². The molecule has 0 N–H and O–H groups in total. The Morgan fingerprint density at radius 1 is 1.15 bits per heavy atom. The van der Waals surface area contributed by atoms with Crippen LogP contribution in [0.1, 0.15) is 25.5 Å². The number of ether oxygens (including phenoxy) is 1. The van der Waals surface area contributed by atoms with Gasteiger partial charge in [-0.15, -0.1) is 13.2 Å². The van der Waals surface area contributed by atoms with Crippen molar-refractivity contribution in [3.8, 4) is 23.0 Å². The van der Waals surface area contributed by atoms with Crippen LogP contribution in [0.2, 0.25) is 5.15 Å². The number of benzene rings is 1. The monoisotopic (exact) mass is 396 g/mol. The third-order valence-corrected chi connectivity index (χ3v) is 3.91. The van der Waals surface area contributed by atoms with Crippen molar-refractivity contribution >= 4 is 11.6 Å². The van der Waals surface area contributed by atoms with Crippen molar-refractivity contribution in [1.29, 1.82) is 0 Å². The number of unbranched alkanes of at least 4 members (excludes halogenated alkanes) is 1. The zero-order chi connectivity index (χ0) is 19.4. The van der Waals surface area contributed by atoms with E-state index in [2.05, 4.69) is 26.6 Å². The molecule has 9 heteroatoms. The van der Waals surface area contributed by atoms with Gasteiger partial charge < -0.3 is 4.74 Å². The van der Waals surface area contributed by atoms with E-state index in [1.807, 2.05) is 0 Å². The molecule has 0 spiro atoms. The van der Waals surface area contributed by atoms with Gasteiger partial charge in [0.2, 0.25) is 5.95 Å². The van der Waals surface area contributed by atoms with Gasteiger partial charge in [0, 0.05) is 17.5 Å². The highest BCUT2D eigenvalue weighted by molar-refractivity contribution is 6.29. The highest BCUT2D eigenvalue weighted by atomic mass is 35.5. The summed E-state index contributed by atoms with van der Waals surface area (Å²) in [6.45, 7) is 2.09. The van der Waals surface area contributed by atoms with E-state index < -0.39 is 6.36 Å². The summed E-state index contributed by atoms with van der Waals surface area (Å²) in [5, 5.41) is 0.343. The Balaban J connectivity index is 1.81. The molecule has 0 bridgehead atoms. The Labute approximate surface area is 158 Å². The van der Waals surface area contributed by atoms with E-state index in [4.69, 9.17) is 11.6 Å². The summed E-state index contributed by atoms with van der Waals surface area (Å²) in [6.07, 6.45) is 1.34. The van der Waals surface area contributed by atoms with Crippen molar-refractivity contribution in [3.05, 3.63) is 53.7 Å². The number of rotatable bonds is 6. The molecule has 142 valence electrons. The molecule has 2 heterocycles.